The van der Waals surface area contributed by atoms with E-state index in [2.05, 4.69) is 10.3 Å². The molecule has 3 aromatic rings. The number of benzene rings is 2. The molecule has 8 heteroatoms. The number of fused-ring (bicyclic) bond motifs is 1. The predicted octanol–water partition coefficient (Wildman–Crippen LogP) is 3.04. The number of carbonyl (C=O) groups excluding carboxylic acids is 1. The number of H-pyrrole nitrogens is 1. The third-order valence-electron chi connectivity index (χ3n) is 3.41. The lowest BCUT2D eigenvalue weighted by Gasteiger charge is -2.13. The summed E-state index contributed by atoms with van der Waals surface area (Å²) in [6.07, 6.45) is 0. The summed E-state index contributed by atoms with van der Waals surface area (Å²) >= 11 is 6.04. The van der Waals surface area contributed by atoms with Gasteiger partial charge in [0.05, 0.1) is 30.4 Å². The van der Waals surface area contributed by atoms with E-state index in [-0.39, 0.29) is 0 Å². The number of aromatic amines is 1. The van der Waals surface area contributed by atoms with Crippen LogP contribution in [0.25, 0.3) is 11.1 Å². The maximum Gasteiger partial charge on any atom is 0.417 e. The first-order chi connectivity index (χ1) is 11.5. The van der Waals surface area contributed by atoms with Gasteiger partial charge in [-0.25, -0.2) is 4.79 Å². The molecule has 1 amide bonds. The molecular weight excluding hydrogens is 336 g/mol. The minimum Gasteiger partial charge on any atom is -0.495 e. The highest BCUT2D eigenvalue weighted by Crippen LogP contribution is 2.36. The Labute approximate surface area is 141 Å². The van der Waals surface area contributed by atoms with Gasteiger partial charge in [-0.3, -0.25) is 9.78 Å². The number of amides is 1. The summed E-state index contributed by atoms with van der Waals surface area (Å²) in [5.74, 6) is -0.182. The topological polar surface area (TPSA) is 93.6 Å². The van der Waals surface area contributed by atoms with Gasteiger partial charge in [0.25, 0.3) is 5.91 Å². The molecule has 124 valence electrons. The van der Waals surface area contributed by atoms with Crippen molar-refractivity contribution in [2.75, 3.05) is 19.5 Å². The zero-order valence-corrected chi connectivity index (χ0v) is 13.6. The molecule has 2 N–H and O–H groups in total. The van der Waals surface area contributed by atoms with E-state index in [4.69, 9.17) is 25.5 Å². The first kappa shape index (κ1) is 15.9. The van der Waals surface area contributed by atoms with Crippen LogP contribution in [0.3, 0.4) is 0 Å². The molecule has 0 unspecified atom stereocenters. The molecule has 0 spiro atoms. The van der Waals surface area contributed by atoms with Gasteiger partial charge in [0.2, 0.25) is 0 Å². The molecule has 0 aliphatic rings. The van der Waals surface area contributed by atoms with Gasteiger partial charge in [0, 0.05) is 17.7 Å². The quantitative estimate of drug-likeness (QED) is 0.755. The summed E-state index contributed by atoms with van der Waals surface area (Å²) in [6, 6.07) is 7.75. The third kappa shape index (κ3) is 2.93. The summed E-state index contributed by atoms with van der Waals surface area (Å²) in [5, 5.41) is 3.08. The Balaban J connectivity index is 1.94. The fourth-order valence-electron chi connectivity index (χ4n) is 2.24. The smallest absolute Gasteiger partial charge is 0.417 e. The molecule has 24 heavy (non-hydrogen) atoms. The predicted molar refractivity (Wildman–Crippen MR) is 89.3 cm³/mol. The lowest BCUT2D eigenvalue weighted by molar-refractivity contribution is 0.102. The second-order valence-electron chi connectivity index (χ2n) is 4.87. The second-order valence-corrected chi connectivity index (χ2v) is 5.27. The van der Waals surface area contributed by atoms with Crippen LogP contribution >= 0.6 is 11.6 Å². The van der Waals surface area contributed by atoms with Gasteiger partial charge < -0.3 is 19.2 Å². The fraction of sp³-hybridized carbons (Fsp3) is 0.125. The van der Waals surface area contributed by atoms with Crippen LogP contribution < -0.4 is 20.5 Å². The van der Waals surface area contributed by atoms with Crippen molar-refractivity contribution in [1.82, 2.24) is 4.98 Å². The Bertz CT molecular complexity index is 976. The number of halogens is 1. The van der Waals surface area contributed by atoms with E-state index in [0.29, 0.717) is 38.9 Å². The van der Waals surface area contributed by atoms with E-state index in [0.717, 1.165) is 0 Å². The highest BCUT2D eigenvalue weighted by atomic mass is 35.5. The van der Waals surface area contributed by atoms with Gasteiger partial charge in [-0.2, -0.15) is 0 Å². The third-order valence-corrected chi connectivity index (χ3v) is 3.70. The number of carbonyl (C=O) groups is 1. The van der Waals surface area contributed by atoms with E-state index in [1.54, 1.807) is 24.3 Å². The van der Waals surface area contributed by atoms with Crippen LogP contribution in [-0.4, -0.2) is 25.1 Å². The van der Waals surface area contributed by atoms with Gasteiger partial charge in [-0.05, 0) is 18.2 Å². The Morgan fingerprint density at radius 3 is 2.62 bits per heavy atom. The molecule has 0 radical (unpaired) electrons. The Kier molecular flexibility index (Phi) is 4.18. The van der Waals surface area contributed by atoms with Crippen molar-refractivity contribution in [2.24, 2.45) is 0 Å². The van der Waals surface area contributed by atoms with Crippen molar-refractivity contribution in [1.29, 1.82) is 0 Å². The molecular formula is C16H13ClN2O5. The SMILES string of the molecule is COc1cc(NC(=O)c2ccc3[nH]c(=O)oc3c2)c(OC)cc1Cl. The molecule has 1 heterocycles. The number of anilines is 1. The highest BCUT2D eigenvalue weighted by Gasteiger charge is 2.15. The van der Waals surface area contributed by atoms with Crippen LogP contribution in [0.1, 0.15) is 10.4 Å². The van der Waals surface area contributed by atoms with Crippen molar-refractivity contribution >= 4 is 34.3 Å². The van der Waals surface area contributed by atoms with E-state index in [9.17, 15) is 9.59 Å². The summed E-state index contributed by atoms with van der Waals surface area (Å²) in [4.78, 5) is 26.1. The van der Waals surface area contributed by atoms with Gasteiger partial charge in [-0.15, -0.1) is 0 Å². The summed E-state index contributed by atoms with van der Waals surface area (Å²) in [6.45, 7) is 0. The molecule has 0 aliphatic carbocycles. The normalized spacial score (nSPS) is 10.6. The second kappa shape index (κ2) is 6.29. The minimum absolute atomic E-state index is 0.299. The number of oxazole rings is 1. The molecule has 0 fully saturated rings. The van der Waals surface area contributed by atoms with Crippen LogP contribution in [-0.2, 0) is 0 Å². The largest absolute Gasteiger partial charge is 0.495 e. The summed E-state index contributed by atoms with van der Waals surface area (Å²) in [7, 11) is 2.94. The summed E-state index contributed by atoms with van der Waals surface area (Å²) < 4.78 is 15.3. The number of ether oxygens (including phenoxy) is 2. The maximum atomic E-state index is 12.4. The van der Waals surface area contributed by atoms with Gasteiger partial charge in [0.15, 0.2) is 5.58 Å². The van der Waals surface area contributed by atoms with Crippen molar-refractivity contribution in [3.05, 3.63) is 51.5 Å². The molecule has 0 atom stereocenters. The number of methoxy groups -OCH3 is 2. The van der Waals surface area contributed by atoms with Crippen LogP contribution in [0.4, 0.5) is 5.69 Å². The molecule has 1 aromatic heterocycles. The lowest BCUT2D eigenvalue weighted by atomic mass is 10.2. The molecule has 0 saturated carbocycles. The number of nitrogens with one attached hydrogen (secondary N) is 2. The van der Waals surface area contributed by atoms with Gasteiger partial charge >= 0.3 is 5.76 Å². The van der Waals surface area contributed by atoms with E-state index >= 15 is 0 Å². The maximum absolute atomic E-state index is 12.4. The highest BCUT2D eigenvalue weighted by molar-refractivity contribution is 6.32. The van der Waals surface area contributed by atoms with E-state index in [1.807, 2.05) is 0 Å². The minimum atomic E-state index is -0.577. The first-order valence-corrected chi connectivity index (χ1v) is 7.25. The van der Waals surface area contributed by atoms with Gasteiger partial charge in [-0.1, -0.05) is 11.6 Å². The van der Waals surface area contributed by atoms with Crippen LogP contribution in [0, 0.1) is 0 Å². The standard InChI is InChI=1S/C16H13ClN2O5/c1-22-12-7-11(13(23-2)6-9(12)17)18-15(20)8-3-4-10-14(5-8)24-16(21)19-10/h3-7H,1-2H3,(H,18,20)(H,19,21). The average molecular weight is 349 g/mol. The molecule has 0 bridgehead atoms. The Hall–Kier alpha value is -2.93. The van der Waals surface area contributed by atoms with Crippen LogP contribution in [0.2, 0.25) is 5.02 Å². The molecule has 0 aliphatic heterocycles. The number of rotatable bonds is 4. The monoisotopic (exact) mass is 348 g/mol. The average Bonchev–Trinajstić information content (AvgIpc) is 2.94. The molecule has 3 rings (SSSR count). The zero-order valence-electron chi connectivity index (χ0n) is 12.8. The van der Waals surface area contributed by atoms with E-state index in [1.165, 1.54) is 20.3 Å². The van der Waals surface area contributed by atoms with Crippen LogP contribution in [0.15, 0.2) is 39.5 Å². The number of hydrogen-bond acceptors (Lipinski definition) is 5. The number of hydrogen-bond donors (Lipinski definition) is 2. The Morgan fingerprint density at radius 2 is 1.92 bits per heavy atom. The van der Waals surface area contributed by atoms with E-state index < -0.39 is 11.7 Å². The lowest BCUT2D eigenvalue weighted by Crippen LogP contribution is -2.12. The zero-order chi connectivity index (χ0) is 17.3. The number of aromatic nitrogens is 1. The summed E-state index contributed by atoms with van der Waals surface area (Å²) in [5.41, 5.74) is 1.54. The van der Waals surface area contributed by atoms with Crippen molar-refractivity contribution < 1.29 is 18.7 Å². The van der Waals surface area contributed by atoms with Gasteiger partial charge in [0.1, 0.15) is 11.5 Å². The molecule has 7 nitrogen and oxygen atoms in total. The first-order valence-electron chi connectivity index (χ1n) is 6.87. The van der Waals surface area contributed by atoms with Crippen molar-refractivity contribution in [2.45, 2.75) is 0 Å². The Morgan fingerprint density at radius 1 is 1.17 bits per heavy atom. The fourth-order valence-corrected chi connectivity index (χ4v) is 2.47. The van der Waals surface area contributed by atoms with Crippen molar-refractivity contribution in [3.63, 3.8) is 0 Å². The van der Waals surface area contributed by atoms with Crippen molar-refractivity contribution in [3.8, 4) is 11.5 Å². The molecule has 0 saturated heterocycles. The van der Waals surface area contributed by atoms with Crippen LogP contribution in [0.5, 0.6) is 11.5 Å². The molecule has 2 aromatic carbocycles.